The minimum Gasteiger partial charge on any atom is -0.513 e. The second-order valence-electron chi connectivity index (χ2n) is 2.03. The molecule has 0 saturated heterocycles. The monoisotopic (exact) mass is 144 g/mol. The number of hydrogen-bond donors (Lipinski definition) is 2. The Kier molecular flexibility index (Phi) is 4.37. The van der Waals surface area contributed by atoms with Crippen LogP contribution in [0.5, 0.6) is 0 Å². The Balaban J connectivity index is 3.29. The van der Waals surface area contributed by atoms with Gasteiger partial charge in [-0.05, 0) is 19.4 Å². The van der Waals surface area contributed by atoms with Crippen molar-refractivity contribution in [3.05, 3.63) is 11.8 Å². The van der Waals surface area contributed by atoms with Crippen molar-refractivity contribution in [2.24, 2.45) is 0 Å². The minimum atomic E-state index is -0.816. The van der Waals surface area contributed by atoms with E-state index in [1.165, 1.54) is 0 Å². The standard InChI is InChI=1S/C7H12O3/c1-2-6(8)4-3-5-7(9)10/h2,8H,3-5H2,1H3,(H,9,10). The molecule has 0 radical (unpaired) electrons. The highest BCUT2D eigenvalue weighted by Crippen LogP contribution is 2.02. The van der Waals surface area contributed by atoms with Gasteiger partial charge >= 0.3 is 5.97 Å². The number of allylic oxidation sites excluding steroid dienone is 2. The molecule has 0 rings (SSSR count). The Labute approximate surface area is 60.0 Å². The highest BCUT2D eigenvalue weighted by molar-refractivity contribution is 5.66. The van der Waals surface area contributed by atoms with Crippen LogP contribution in [0.4, 0.5) is 0 Å². The maximum absolute atomic E-state index is 9.97. The smallest absolute Gasteiger partial charge is 0.303 e. The molecular weight excluding hydrogens is 132 g/mol. The first-order valence-corrected chi connectivity index (χ1v) is 3.22. The Bertz CT molecular complexity index is 138. The van der Waals surface area contributed by atoms with Gasteiger partial charge in [-0.1, -0.05) is 0 Å². The molecule has 0 saturated carbocycles. The van der Waals surface area contributed by atoms with Gasteiger partial charge < -0.3 is 10.2 Å². The first-order chi connectivity index (χ1) is 4.66. The van der Waals surface area contributed by atoms with Crippen LogP contribution in [0.25, 0.3) is 0 Å². The molecule has 0 aliphatic heterocycles. The molecule has 0 aromatic rings. The van der Waals surface area contributed by atoms with E-state index in [4.69, 9.17) is 10.2 Å². The van der Waals surface area contributed by atoms with Gasteiger partial charge in [-0.25, -0.2) is 0 Å². The van der Waals surface area contributed by atoms with E-state index in [-0.39, 0.29) is 12.2 Å². The molecule has 10 heavy (non-hydrogen) atoms. The molecule has 0 spiro atoms. The van der Waals surface area contributed by atoms with Crippen molar-refractivity contribution >= 4 is 5.97 Å². The minimum absolute atomic E-state index is 0.123. The van der Waals surface area contributed by atoms with E-state index in [9.17, 15) is 4.79 Å². The van der Waals surface area contributed by atoms with Crippen LogP contribution in [0.1, 0.15) is 26.2 Å². The number of carboxylic acid groups (broad SMARTS) is 1. The summed E-state index contributed by atoms with van der Waals surface area (Å²) in [5.41, 5.74) is 0. The van der Waals surface area contributed by atoms with Crippen LogP contribution in [0.2, 0.25) is 0 Å². The number of carbonyl (C=O) groups is 1. The van der Waals surface area contributed by atoms with Crippen LogP contribution in [0, 0.1) is 0 Å². The summed E-state index contributed by atoms with van der Waals surface area (Å²) in [6.45, 7) is 1.72. The second kappa shape index (κ2) is 4.85. The van der Waals surface area contributed by atoms with E-state index < -0.39 is 5.97 Å². The summed E-state index contributed by atoms with van der Waals surface area (Å²) >= 11 is 0. The molecule has 0 heterocycles. The first-order valence-electron chi connectivity index (χ1n) is 3.22. The zero-order chi connectivity index (χ0) is 7.98. The number of aliphatic carboxylic acids is 1. The van der Waals surface area contributed by atoms with E-state index in [1.807, 2.05) is 0 Å². The van der Waals surface area contributed by atoms with Crippen molar-refractivity contribution in [2.75, 3.05) is 0 Å². The maximum atomic E-state index is 9.97. The summed E-state index contributed by atoms with van der Waals surface area (Å²) in [5.74, 6) is -0.551. The third-order valence-electron chi connectivity index (χ3n) is 1.16. The molecule has 3 heteroatoms. The lowest BCUT2D eigenvalue weighted by Gasteiger charge is -1.95. The van der Waals surface area contributed by atoms with E-state index in [0.717, 1.165) is 0 Å². The number of aliphatic hydroxyl groups excluding tert-OH is 1. The van der Waals surface area contributed by atoms with Crippen molar-refractivity contribution in [3.8, 4) is 0 Å². The van der Waals surface area contributed by atoms with Gasteiger partial charge in [-0.15, -0.1) is 0 Å². The van der Waals surface area contributed by atoms with Crippen LogP contribution in [0.15, 0.2) is 11.8 Å². The second-order valence-corrected chi connectivity index (χ2v) is 2.03. The quantitative estimate of drug-likeness (QED) is 0.590. The lowest BCUT2D eigenvalue weighted by atomic mass is 10.2. The van der Waals surface area contributed by atoms with Crippen LogP contribution in [-0.4, -0.2) is 16.2 Å². The topological polar surface area (TPSA) is 57.5 Å². The van der Waals surface area contributed by atoms with Crippen LogP contribution >= 0.6 is 0 Å². The fraction of sp³-hybridized carbons (Fsp3) is 0.571. The van der Waals surface area contributed by atoms with Crippen LogP contribution in [-0.2, 0) is 4.79 Å². The molecule has 58 valence electrons. The molecule has 3 nitrogen and oxygen atoms in total. The van der Waals surface area contributed by atoms with Crippen molar-refractivity contribution in [3.63, 3.8) is 0 Å². The average molecular weight is 144 g/mol. The maximum Gasteiger partial charge on any atom is 0.303 e. The average Bonchev–Trinajstić information content (AvgIpc) is 1.87. The lowest BCUT2D eigenvalue weighted by Crippen LogP contribution is -1.94. The molecule has 0 bridgehead atoms. The summed E-state index contributed by atoms with van der Waals surface area (Å²) in [7, 11) is 0. The van der Waals surface area contributed by atoms with Crippen molar-refractivity contribution in [1.82, 2.24) is 0 Å². The first kappa shape index (κ1) is 9.01. The number of rotatable bonds is 4. The van der Waals surface area contributed by atoms with E-state index in [2.05, 4.69) is 0 Å². The zero-order valence-electron chi connectivity index (χ0n) is 6.00. The van der Waals surface area contributed by atoms with Crippen molar-refractivity contribution < 1.29 is 15.0 Å². The highest BCUT2D eigenvalue weighted by Gasteiger charge is 1.97. The number of aliphatic hydroxyl groups is 1. The largest absolute Gasteiger partial charge is 0.513 e. The van der Waals surface area contributed by atoms with Gasteiger partial charge in [0.25, 0.3) is 0 Å². The molecule has 0 aromatic heterocycles. The zero-order valence-corrected chi connectivity index (χ0v) is 6.00. The van der Waals surface area contributed by atoms with Gasteiger partial charge in [0, 0.05) is 12.8 Å². The predicted molar refractivity (Wildman–Crippen MR) is 37.9 cm³/mol. The van der Waals surface area contributed by atoms with E-state index >= 15 is 0 Å². The van der Waals surface area contributed by atoms with Crippen molar-refractivity contribution in [2.45, 2.75) is 26.2 Å². The van der Waals surface area contributed by atoms with Gasteiger partial charge in [-0.2, -0.15) is 0 Å². The third kappa shape index (κ3) is 5.15. The molecule has 0 unspecified atom stereocenters. The third-order valence-corrected chi connectivity index (χ3v) is 1.16. The molecule has 0 atom stereocenters. The summed E-state index contributed by atoms with van der Waals surface area (Å²) in [5, 5.41) is 17.0. The molecular formula is C7H12O3. The normalized spacial score (nSPS) is 11.5. The van der Waals surface area contributed by atoms with Crippen molar-refractivity contribution in [1.29, 1.82) is 0 Å². The molecule has 0 aromatic carbocycles. The van der Waals surface area contributed by atoms with Gasteiger partial charge in [0.2, 0.25) is 0 Å². The van der Waals surface area contributed by atoms with Gasteiger partial charge in [0.1, 0.15) is 0 Å². The van der Waals surface area contributed by atoms with Gasteiger partial charge in [0.15, 0.2) is 0 Å². The Hall–Kier alpha value is -0.990. The fourth-order valence-corrected chi connectivity index (χ4v) is 0.565. The molecule has 0 amide bonds. The highest BCUT2D eigenvalue weighted by atomic mass is 16.4. The molecule has 0 aliphatic rings. The Morgan fingerprint density at radius 2 is 2.00 bits per heavy atom. The predicted octanol–water partition coefficient (Wildman–Crippen LogP) is 1.70. The number of carboxylic acids is 1. The fourth-order valence-electron chi connectivity index (χ4n) is 0.565. The summed E-state index contributed by atoms with van der Waals surface area (Å²) in [4.78, 5) is 9.97. The SMILES string of the molecule is CC=C(O)CCCC(=O)O. The molecule has 0 aliphatic carbocycles. The van der Waals surface area contributed by atoms with Gasteiger partial charge in [0.05, 0.1) is 5.76 Å². The summed E-state index contributed by atoms with van der Waals surface area (Å²) < 4.78 is 0. The Morgan fingerprint density at radius 3 is 2.40 bits per heavy atom. The molecule has 2 N–H and O–H groups in total. The molecule has 0 fully saturated rings. The van der Waals surface area contributed by atoms with E-state index in [0.29, 0.717) is 12.8 Å². The van der Waals surface area contributed by atoms with Crippen LogP contribution < -0.4 is 0 Å². The summed E-state index contributed by atoms with van der Waals surface area (Å²) in [6.07, 6.45) is 2.66. The van der Waals surface area contributed by atoms with Crippen LogP contribution in [0.3, 0.4) is 0 Å². The Morgan fingerprint density at radius 1 is 1.40 bits per heavy atom. The number of hydrogen-bond acceptors (Lipinski definition) is 2. The van der Waals surface area contributed by atoms with Gasteiger partial charge in [-0.3, -0.25) is 4.79 Å². The summed E-state index contributed by atoms with van der Waals surface area (Å²) in [6, 6.07) is 0. The lowest BCUT2D eigenvalue weighted by molar-refractivity contribution is -0.137. The van der Waals surface area contributed by atoms with E-state index in [1.54, 1.807) is 13.0 Å².